The number of aryl methyl sites for hydroxylation is 2. The van der Waals surface area contributed by atoms with Crippen molar-refractivity contribution >= 4 is 17.1 Å². The predicted octanol–water partition coefficient (Wildman–Crippen LogP) is -0.966. The molecule has 2 aromatic rings. The molecule has 2 heterocycles. The van der Waals surface area contributed by atoms with Crippen molar-refractivity contribution in [1.29, 1.82) is 0 Å². The van der Waals surface area contributed by atoms with Crippen LogP contribution >= 0.6 is 0 Å². The van der Waals surface area contributed by atoms with Crippen LogP contribution in [0.2, 0.25) is 0 Å². The Labute approximate surface area is 100 Å². The van der Waals surface area contributed by atoms with E-state index in [9.17, 15) is 14.4 Å². The van der Waals surface area contributed by atoms with E-state index in [1.165, 1.54) is 21.0 Å². The average molecular weight is 250 g/mol. The van der Waals surface area contributed by atoms with Gasteiger partial charge in [0.15, 0.2) is 16.9 Å². The van der Waals surface area contributed by atoms with Crippen LogP contribution in [0.4, 0.5) is 0 Å². The van der Waals surface area contributed by atoms with Gasteiger partial charge >= 0.3 is 11.7 Å². The van der Waals surface area contributed by atoms with Crippen molar-refractivity contribution in [3.63, 3.8) is 0 Å². The van der Waals surface area contributed by atoms with Crippen molar-refractivity contribution in [3.05, 3.63) is 32.2 Å². The third kappa shape index (κ3) is 1.50. The van der Waals surface area contributed by atoms with Gasteiger partial charge in [0.25, 0.3) is 5.56 Å². The molecule has 94 valence electrons. The SMILES string of the molecule is Cc1nc2c(=O)n(C)c(=O)n(C)c2nc1C(=O)O. The smallest absolute Gasteiger partial charge is 0.356 e. The number of fused-ring (bicyclic) bond motifs is 1. The number of nitrogens with zero attached hydrogens (tertiary/aromatic N) is 4. The van der Waals surface area contributed by atoms with Gasteiger partial charge in [0.05, 0.1) is 5.69 Å². The van der Waals surface area contributed by atoms with E-state index in [2.05, 4.69) is 9.97 Å². The summed E-state index contributed by atoms with van der Waals surface area (Å²) >= 11 is 0. The number of aromatic carboxylic acids is 1. The lowest BCUT2D eigenvalue weighted by Crippen LogP contribution is -2.38. The summed E-state index contributed by atoms with van der Waals surface area (Å²) in [4.78, 5) is 42.2. The highest BCUT2D eigenvalue weighted by Gasteiger charge is 2.17. The maximum Gasteiger partial charge on any atom is 0.356 e. The van der Waals surface area contributed by atoms with E-state index in [1.54, 1.807) is 0 Å². The first-order valence-electron chi connectivity index (χ1n) is 5.02. The summed E-state index contributed by atoms with van der Waals surface area (Å²) in [7, 11) is 2.73. The lowest BCUT2D eigenvalue weighted by molar-refractivity contribution is 0.0689. The Morgan fingerprint density at radius 2 is 1.78 bits per heavy atom. The zero-order valence-corrected chi connectivity index (χ0v) is 9.96. The Kier molecular flexibility index (Phi) is 2.50. The van der Waals surface area contributed by atoms with Gasteiger partial charge in [-0.25, -0.2) is 19.6 Å². The molecule has 0 saturated heterocycles. The molecule has 2 rings (SSSR count). The van der Waals surface area contributed by atoms with Crippen molar-refractivity contribution in [2.75, 3.05) is 0 Å². The largest absolute Gasteiger partial charge is 0.476 e. The number of carbonyl (C=O) groups is 1. The van der Waals surface area contributed by atoms with Crippen LogP contribution in [0.15, 0.2) is 9.59 Å². The van der Waals surface area contributed by atoms with E-state index in [-0.39, 0.29) is 22.6 Å². The van der Waals surface area contributed by atoms with Crippen LogP contribution in [0.3, 0.4) is 0 Å². The van der Waals surface area contributed by atoms with Gasteiger partial charge < -0.3 is 5.11 Å². The molecule has 18 heavy (non-hydrogen) atoms. The van der Waals surface area contributed by atoms with E-state index in [1.807, 2.05) is 0 Å². The van der Waals surface area contributed by atoms with Crippen molar-refractivity contribution in [3.8, 4) is 0 Å². The first kappa shape index (κ1) is 12.0. The Hall–Kier alpha value is -2.51. The molecule has 8 heteroatoms. The first-order valence-corrected chi connectivity index (χ1v) is 5.02. The van der Waals surface area contributed by atoms with Crippen molar-refractivity contribution < 1.29 is 9.90 Å². The highest BCUT2D eigenvalue weighted by Crippen LogP contribution is 2.07. The topological polar surface area (TPSA) is 107 Å². The van der Waals surface area contributed by atoms with Gasteiger partial charge in [-0.3, -0.25) is 13.9 Å². The maximum atomic E-state index is 11.8. The van der Waals surface area contributed by atoms with E-state index < -0.39 is 17.2 Å². The Balaban J connectivity index is 3.09. The molecule has 0 spiro atoms. The number of carboxylic acids is 1. The summed E-state index contributed by atoms with van der Waals surface area (Å²) in [5, 5.41) is 8.94. The Morgan fingerprint density at radius 1 is 1.17 bits per heavy atom. The molecule has 0 aliphatic carbocycles. The monoisotopic (exact) mass is 250 g/mol. The number of carboxylic acid groups (broad SMARTS) is 1. The molecule has 8 nitrogen and oxygen atoms in total. The summed E-state index contributed by atoms with van der Waals surface area (Å²) in [5.74, 6) is -1.25. The molecule has 0 aliphatic rings. The fraction of sp³-hybridized carbons (Fsp3) is 0.300. The quantitative estimate of drug-likeness (QED) is 0.698. The van der Waals surface area contributed by atoms with Gasteiger partial charge in [-0.05, 0) is 6.92 Å². The van der Waals surface area contributed by atoms with Gasteiger partial charge in [0.2, 0.25) is 0 Å². The molecule has 1 N–H and O–H groups in total. The van der Waals surface area contributed by atoms with Gasteiger partial charge in [-0.2, -0.15) is 0 Å². The normalized spacial score (nSPS) is 10.8. The standard InChI is InChI=1S/C10H10N4O4/c1-4-5(9(16)17)12-7-6(11-4)8(15)14(3)10(18)13(7)2/h1-3H3,(H,16,17). The summed E-state index contributed by atoms with van der Waals surface area (Å²) in [6.45, 7) is 1.44. The van der Waals surface area contributed by atoms with Crippen LogP contribution in [-0.4, -0.2) is 30.2 Å². The lowest BCUT2D eigenvalue weighted by Gasteiger charge is -2.07. The van der Waals surface area contributed by atoms with Crippen LogP contribution in [0.5, 0.6) is 0 Å². The minimum atomic E-state index is -1.25. The molecule has 0 amide bonds. The molecule has 0 atom stereocenters. The van der Waals surface area contributed by atoms with Crippen molar-refractivity contribution in [2.24, 2.45) is 14.1 Å². The highest BCUT2D eigenvalue weighted by atomic mass is 16.4. The Bertz CT molecular complexity index is 787. The van der Waals surface area contributed by atoms with E-state index >= 15 is 0 Å². The summed E-state index contributed by atoms with van der Waals surface area (Å²) < 4.78 is 1.99. The molecule has 0 unspecified atom stereocenters. The summed E-state index contributed by atoms with van der Waals surface area (Å²) in [6.07, 6.45) is 0. The third-order valence-corrected chi connectivity index (χ3v) is 2.65. The van der Waals surface area contributed by atoms with E-state index in [4.69, 9.17) is 5.11 Å². The lowest BCUT2D eigenvalue weighted by atomic mass is 10.3. The number of rotatable bonds is 1. The number of hydrogen-bond acceptors (Lipinski definition) is 5. The molecular weight excluding hydrogens is 240 g/mol. The van der Waals surface area contributed by atoms with E-state index in [0.717, 1.165) is 9.13 Å². The molecule has 2 aromatic heterocycles. The van der Waals surface area contributed by atoms with Crippen LogP contribution in [0.25, 0.3) is 11.2 Å². The molecule has 0 aliphatic heterocycles. The van der Waals surface area contributed by atoms with E-state index in [0.29, 0.717) is 0 Å². The molecule has 0 saturated carbocycles. The number of hydrogen-bond donors (Lipinski definition) is 1. The van der Waals surface area contributed by atoms with Crippen LogP contribution in [0.1, 0.15) is 16.2 Å². The van der Waals surface area contributed by atoms with Crippen molar-refractivity contribution in [2.45, 2.75) is 6.92 Å². The first-order chi connectivity index (χ1) is 8.34. The predicted molar refractivity (Wildman–Crippen MR) is 61.7 cm³/mol. The Morgan fingerprint density at radius 3 is 2.33 bits per heavy atom. The highest BCUT2D eigenvalue weighted by molar-refractivity contribution is 5.88. The molecule has 0 fully saturated rings. The molecule has 0 radical (unpaired) electrons. The van der Waals surface area contributed by atoms with Crippen LogP contribution in [0, 0.1) is 6.92 Å². The fourth-order valence-corrected chi connectivity index (χ4v) is 1.65. The second-order valence-corrected chi connectivity index (χ2v) is 3.84. The second-order valence-electron chi connectivity index (χ2n) is 3.84. The van der Waals surface area contributed by atoms with Crippen LogP contribution in [-0.2, 0) is 14.1 Å². The number of aromatic nitrogens is 4. The van der Waals surface area contributed by atoms with Crippen molar-refractivity contribution in [1.82, 2.24) is 19.1 Å². The molecule has 0 bridgehead atoms. The van der Waals surface area contributed by atoms with Gasteiger partial charge in [0, 0.05) is 14.1 Å². The average Bonchev–Trinajstić information content (AvgIpc) is 2.33. The molecular formula is C10H10N4O4. The van der Waals surface area contributed by atoms with Crippen LogP contribution < -0.4 is 11.2 Å². The minimum Gasteiger partial charge on any atom is -0.476 e. The van der Waals surface area contributed by atoms with Gasteiger partial charge in [0.1, 0.15) is 0 Å². The minimum absolute atomic E-state index is 0.0258. The maximum absolute atomic E-state index is 11.8. The third-order valence-electron chi connectivity index (χ3n) is 2.65. The molecule has 0 aromatic carbocycles. The second kappa shape index (κ2) is 3.76. The zero-order valence-electron chi connectivity index (χ0n) is 9.96. The summed E-state index contributed by atoms with van der Waals surface area (Å²) in [6, 6.07) is 0. The van der Waals surface area contributed by atoms with Gasteiger partial charge in [-0.15, -0.1) is 0 Å². The fourth-order valence-electron chi connectivity index (χ4n) is 1.65. The van der Waals surface area contributed by atoms with Gasteiger partial charge in [-0.1, -0.05) is 0 Å². The summed E-state index contributed by atoms with van der Waals surface area (Å²) in [5.41, 5.74) is -1.38. The zero-order chi connectivity index (χ0) is 13.6.